The predicted octanol–water partition coefficient (Wildman–Crippen LogP) is 2.47. The van der Waals surface area contributed by atoms with Gasteiger partial charge in [0, 0.05) is 18.8 Å². The fraction of sp³-hybridized carbons (Fsp3) is 0.429. The predicted molar refractivity (Wildman–Crippen MR) is 81.2 cm³/mol. The maximum Gasteiger partial charge on any atom is 0.314 e. The van der Waals surface area contributed by atoms with Gasteiger partial charge in [-0.1, -0.05) is 0 Å². The molecule has 0 saturated heterocycles. The summed E-state index contributed by atoms with van der Waals surface area (Å²) in [5.41, 5.74) is 3.25. The van der Waals surface area contributed by atoms with Gasteiger partial charge in [0.1, 0.15) is 0 Å². The van der Waals surface area contributed by atoms with Crippen LogP contribution < -0.4 is 10.6 Å². The Morgan fingerprint density at radius 3 is 2.80 bits per heavy atom. The van der Waals surface area contributed by atoms with Gasteiger partial charge >= 0.3 is 6.03 Å². The summed E-state index contributed by atoms with van der Waals surface area (Å²) in [4.78, 5) is 11.6. The second kappa shape index (κ2) is 6.56. The molecule has 1 atom stereocenters. The van der Waals surface area contributed by atoms with E-state index in [0.717, 1.165) is 17.0 Å². The fourth-order valence-electron chi connectivity index (χ4n) is 2.18. The summed E-state index contributed by atoms with van der Waals surface area (Å²) in [6.45, 7) is 7.05. The van der Waals surface area contributed by atoms with Crippen molar-refractivity contribution in [3.8, 4) is 0 Å². The standard InChI is InChI=1S/C14H20N4OS/c1-4-15-14(19)16-8-13(12-5-6-20-9-12)18-11(3)7-10(2)17-18/h5-7,9,13H,4,8H2,1-3H3,(H2,15,16,19). The Bertz CT molecular complexity index is 562. The third kappa shape index (κ3) is 3.39. The minimum absolute atomic E-state index is 0.0255. The highest BCUT2D eigenvalue weighted by Crippen LogP contribution is 2.22. The van der Waals surface area contributed by atoms with Gasteiger partial charge in [-0.2, -0.15) is 16.4 Å². The maximum absolute atomic E-state index is 11.6. The van der Waals surface area contributed by atoms with Crippen molar-refractivity contribution in [3.05, 3.63) is 39.8 Å². The van der Waals surface area contributed by atoms with Crippen LogP contribution in [0.3, 0.4) is 0 Å². The number of nitrogens with one attached hydrogen (secondary N) is 2. The smallest absolute Gasteiger partial charge is 0.314 e. The van der Waals surface area contributed by atoms with Gasteiger partial charge in [0.25, 0.3) is 0 Å². The first kappa shape index (κ1) is 14.6. The van der Waals surface area contributed by atoms with Crippen molar-refractivity contribution >= 4 is 17.4 Å². The molecule has 2 rings (SSSR count). The summed E-state index contributed by atoms with van der Waals surface area (Å²) >= 11 is 1.65. The molecular formula is C14H20N4OS. The molecule has 1 unspecified atom stereocenters. The van der Waals surface area contributed by atoms with Gasteiger partial charge in [-0.05, 0) is 49.2 Å². The molecule has 20 heavy (non-hydrogen) atoms. The summed E-state index contributed by atoms with van der Waals surface area (Å²) in [5, 5.41) is 14.3. The number of amides is 2. The van der Waals surface area contributed by atoms with E-state index in [-0.39, 0.29) is 12.1 Å². The van der Waals surface area contributed by atoms with Crippen molar-refractivity contribution in [1.82, 2.24) is 20.4 Å². The molecule has 0 fully saturated rings. The number of aryl methyl sites for hydroxylation is 2. The van der Waals surface area contributed by atoms with Crippen LogP contribution in [0.25, 0.3) is 0 Å². The third-order valence-electron chi connectivity index (χ3n) is 3.06. The molecule has 0 aliphatic rings. The highest BCUT2D eigenvalue weighted by molar-refractivity contribution is 7.07. The van der Waals surface area contributed by atoms with Crippen LogP contribution in [0.15, 0.2) is 22.9 Å². The zero-order valence-corrected chi connectivity index (χ0v) is 12.8. The molecule has 6 heteroatoms. The van der Waals surface area contributed by atoms with Gasteiger partial charge in [-0.15, -0.1) is 0 Å². The first-order valence-electron chi connectivity index (χ1n) is 6.68. The molecule has 0 radical (unpaired) electrons. The molecule has 2 heterocycles. The number of thiophene rings is 1. The summed E-state index contributed by atoms with van der Waals surface area (Å²) in [7, 11) is 0. The Hall–Kier alpha value is -1.82. The van der Waals surface area contributed by atoms with Crippen molar-refractivity contribution in [2.45, 2.75) is 26.8 Å². The van der Waals surface area contributed by atoms with Crippen molar-refractivity contribution < 1.29 is 4.79 Å². The molecule has 0 aliphatic carbocycles. The number of urea groups is 1. The normalized spacial score (nSPS) is 12.2. The first-order valence-corrected chi connectivity index (χ1v) is 7.62. The lowest BCUT2D eigenvalue weighted by Crippen LogP contribution is -2.39. The summed E-state index contributed by atoms with van der Waals surface area (Å²) in [6, 6.07) is 4.00. The Labute approximate surface area is 123 Å². The average Bonchev–Trinajstić information content (AvgIpc) is 3.01. The molecule has 2 amide bonds. The molecule has 2 N–H and O–H groups in total. The minimum atomic E-state index is -0.144. The van der Waals surface area contributed by atoms with E-state index in [0.29, 0.717) is 13.1 Å². The maximum atomic E-state index is 11.6. The van der Waals surface area contributed by atoms with Gasteiger partial charge in [-0.3, -0.25) is 4.68 Å². The van der Waals surface area contributed by atoms with Crippen molar-refractivity contribution in [2.24, 2.45) is 0 Å². The molecule has 5 nitrogen and oxygen atoms in total. The van der Waals surface area contributed by atoms with E-state index in [2.05, 4.69) is 27.2 Å². The molecule has 0 spiro atoms. The Balaban J connectivity index is 2.18. The van der Waals surface area contributed by atoms with Crippen LogP contribution >= 0.6 is 11.3 Å². The van der Waals surface area contributed by atoms with Crippen LogP contribution in [-0.2, 0) is 0 Å². The highest BCUT2D eigenvalue weighted by Gasteiger charge is 2.18. The molecule has 108 valence electrons. The zero-order chi connectivity index (χ0) is 14.5. The lowest BCUT2D eigenvalue weighted by Gasteiger charge is -2.19. The Morgan fingerprint density at radius 2 is 2.25 bits per heavy atom. The molecule has 0 saturated carbocycles. The van der Waals surface area contributed by atoms with Crippen LogP contribution in [0.5, 0.6) is 0 Å². The van der Waals surface area contributed by atoms with Crippen LogP contribution in [0.2, 0.25) is 0 Å². The van der Waals surface area contributed by atoms with E-state index in [9.17, 15) is 4.79 Å². The SMILES string of the molecule is CCNC(=O)NCC(c1ccsc1)n1nc(C)cc1C. The molecule has 2 aromatic heterocycles. The minimum Gasteiger partial charge on any atom is -0.338 e. The van der Waals surface area contributed by atoms with E-state index in [1.807, 2.05) is 36.9 Å². The molecule has 0 bridgehead atoms. The van der Waals surface area contributed by atoms with Crippen LogP contribution in [0, 0.1) is 13.8 Å². The number of aromatic nitrogens is 2. The Morgan fingerprint density at radius 1 is 1.45 bits per heavy atom. The number of nitrogens with zero attached hydrogens (tertiary/aromatic N) is 2. The Kier molecular flexibility index (Phi) is 4.79. The lowest BCUT2D eigenvalue weighted by atomic mass is 10.1. The highest BCUT2D eigenvalue weighted by atomic mass is 32.1. The van der Waals surface area contributed by atoms with E-state index < -0.39 is 0 Å². The summed E-state index contributed by atoms with van der Waals surface area (Å²) < 4.78 is 1.98. The van der Waals surface area contributed by atoms with Crippen molar-refractivity contribution in [1.29, 1.82) is 0 Å². The van der Waals surface area contributed by atoms with Gasteiger partial charge in [0.05, 0.1) is 11.7 Å². The summed E-state index contributed by atoms with van der Waals surface area (Å²) in [6.07, 6.45) is 0. The monoisotopic (exact) mass is 292 g/mol. The molecular weight excluding hydrogens is 272 g/mol. The second-order valence-electron chi connectivity index (χ2n) is 4.68. The largest absolute Gasteiger partial charge is 0.338 e. The molecule has 2 aromatic rings. The first-order chi connectivity index (χ1) is 9.61. The fourth-order valence-corrected chi connectivity index (χ4v) is 2.89. The molecule has 0 aromatic carbocycles. The number of carbonyl (C=O) groups excluding carboxylic acids is 1. The van der Waals surface area contributed by atoms with Crippen LogP contribution in [0.4, 0.5) is 4.79 Å². The quantitative estimate of drug-likeness (QED) is 0.889. The summed E-state index contributed by atoms with van der Waals surface area (Å²) in [5.74, 6) is 0. The zero-order valence-electron chi connectivity index (χ0n) is 12.0. The molecule has 0 aliphatic heterocycles. The number of hydrogen-bond acceptors (Lipinski definition) is 3. The van der Waals surface area contributed by atoms with Gasteiger partial charge in [-0.25, -0.2) is 4.79 Å². The number of rotatable bonds is 5. The van der Waals surface area contributed by atoms with E-state index >= 15 is 0 Å². The van der Waals surface area contributed by atoms with E-state index in [1.54, 1.807) is 11.3 Å². The number of hydrogen-bond donors (Lipinski definition) is 2. The van der Waals surface area contributed by atoms with Crippen LogP contribution in [0.1, 0.15) is 29.9 Å². The van der Waals surface area contributed by atoms with E-state index in [4.69, 9.17) is 0 Å². The van der Waals surface area contributed by atoms with Crippen molar-refractivity contribution in [3.63, 3.8) is 0 Å². The van der Waals surface area contributed by atoms with Crippen LogP contribution in [-0.4, -0.2) is 28.9 Å². The topological polar surface area (TPSA) is 59.0 Å². The lowest BCUT2D eigenvalue weighted by molar-refractivity contribution is 0.240. The van der Waals surface area contributed by atoms with Crippen molar-refractivity contribution in [2.75, 3.05) is 13.1 Å². The van der Waals surface area contributed by atoms with Gasteiger partial charge in [0.15, 0.2) is 0 Å². The second-order valence-corrected chi connectivity index (χ2v) is 5.46. The van der Waals surface area contributed by atoms with E-state index in [1.165, 1.54) is 0 Å². The number of carbonyl (C=O) groups is 1. The third-order valence-corrected chi connectivity index (χ3v) is 3.76. The van der Waals surface area contributed by atoms with Gasteiger partial charge in [0.2, 0.25) is 0 Å². The van der Waals surface area contributed by atoms with Gasteiger partial charge < -0.3 is 10.6 Å². The average molecular weight is 292 g/mol.